The van der Waals surface area contributed by atoms with Gasteiger partial charge in [-0.3, -0.25) is 9.59 Å². The lowest BCUT2D eigenvalue weighted by Gasteiger charge is -2.44. The Bertz CT molecular complexity index is 690. The number of nitrogens with one attached hydrogen (secondary N) is 1. The number of nitrogens with zero attached hydrogens (tertiary/aromatic N) is 1. The first-order valence-electron chi connectivity index (χ1n) is 9.82. The van der Waals surface area contributed by atoms with Crippen molar-refractivity contribution < 1.29 is 14.7 Å². The SMILES string of the molecule is CC1(O)CN(C(=O)c2ccc(CC3CC4CCCCC4NC3=O)cc2)C1. The fourth-order valence-corrected chi connectivity index (χ4v) is 4.80. The first-order chi connectivity index (χ1) is 12.4. The van der Waals surface area contributed by atoms with Gasteiger partial charge in [-0.25, -0.2) is 0 Å². The molecule has 1 aliphatic carbocycles. The maximum Gasteiger partial charge on any atom is 0.254 e. The molecule has 2 amide bonds. The third kappa shape index (κ3) is 3.50. The molecule has 3 aliphatic rings. The van der Waals surface area contributed by atoms with E-state index < -0.39 is 5.60 Å². The molecule has 3 atom stereocenters. The third-order valence-corrected chi connectivity index (χ3v) is 6.23. The van der Waals surface area contributed by atoms with Crippen molar-refractivity contribution >= 4 is 11.8 Å². The van der Waals surface area contributed by atoms with Gasteiger partial charge >= 0.3 is 0 Å². The summed E-state index contributed by atoms with van der Waals surface area (Å²) in [7, 11) is 0. The Balaban J connectivity index is 1.37. The van der Waals surface area contributed by atoms with Gasteiger partial charge in [-0.05, 0) is 56.2 Å². The Morgan fingerprint density at radius 1 is 1.23 bits per heavy atom. The molecule has 26 heavy (non-hydrogen) atoms. The van der Waals surface area contributed by atoms with Crippen LogP contribution in [0.4, 0.5) is 0 Å². The molecular formula is C21H28N2O3. The minimum atomic E-state index is -0.749. The second-order valence-corrected chi connectivity index (χ2v) is 8.65. The minimum Gasteiger partial charge on any atom is -0.386 e. The molecule has 3 unspecified atom stereocenters. The molecule has 3 fully saturated rings. The molecule has 5 heteroatoms. The van der Waals surface area contributed by atoms with E-state index in [2.05, 4.69) is 5.32 Å². The summed E-state index contributed by atoms with van der Waals surface area (Å²) in [6, 6.07) is 8.00. The largest absolute Gasteiger partial charge is 0.386 e. The zero-order chi connectivity index (χ0) is 18.3. The van der Waals surface area contributed by atoms with Crippen molar-refractivity contribution in [1.82, 2.24) is 10.2 Å². The second-order valence-electron chi connectivity index (χ2n) is 8.65. The Kier molecular flexibility index (Phi) is 4.51. The van der Waals surface area contributed by atoms with Crippen molar-refractivity contribution in [3.8, 4) is 0 Å². The fourth-order valence-electron chi connectivity index (χ4n) is 4.80. The number of carbonyl (C=O) groups is 2. The fraction of sp³-hybridized carbons (Fsp3) is 0.619. The first-order valence-corrected chi connectivity index (χ1v) is 9.82. The van der Waals surface area contributed by atoms with Gasteiger partial charge in [-0.1, -0.05) is 25.0 Å². The number of rotatable bonds is 3. The third-order valence-electron chi connectivity index (χ3n) is 6.23. The lowest BCUT2D eigenvalue weighted by molar-refractivity contribution is -0.129. The predicted octanol–water partition coefficient (Wildman–Crippen LogP) is 2.13. The Hall–Kier alpha value is -1.88. The Labute approximate surface area is 154 Å². The zero-order valence-corrected chi connectivity index (χ0v) is 15.4. The van der Waals surface area contributed by atoms with Crippen LogP contribution in [0.3, 0.4) is 0 Å². The van der Waals surface area contributed by atoms with Crippen LogP contribution in [0.15, 0.2) is 24.3 Å². The van der Waals surface area contributed by atoms with E-state index in [1.54, 1.807) is 11.8 Å². The number of hydrogen-bond donors (Lipinski definition) is 2. The van der Waals surface area contributed by atoms with Gasteiger partial charge < -0.3 is 15.3 Å². The minimum absolute atomic E-state index is 0.0384. The molecule has 0 bridgehead atoms. The molecule has 0 spiro atoms. The van der Waals surface area contributed by atoms with Crippen LogP contribution in [0, 0.1) is 11.8 Å². The van der Waals surface area contributed by atoms with Gasteiger partial charge in [-0.2, -0.15) is 0 Å². The summed E-state index contributed by atoms with van der Waals surface area (Å²) >= 11 is 0. The smallest absolute Gasteiger partial charge is 0.254 e. The van der Waals surface area contributed by atoms with E-state index in [4.69, 9.17) is 0 Å². The zero-order valence-electron chi connectivity index (χ0n) is 15.4. The molecular weight excluding hydrogens is 328 g/mol. The average Bonchev–Trinajstić information content (AvgIpc) is 2.60. The molecule has 4 rings (SSSR count). The van der Waals surface area contributed by atoms with Gasteiger partial charge in [0, 0.05) is 17.5 Å². The van der Waals surface area contributed by atoms with Crippen LogP contribution in [0.25, 0.3) is 0 Å². The van der Waals surface area contributed by atoms with E-state index >= 15 is 0 Å². The quantitative estimate of drug-likeness (QED) is 0.872. The van der Waals surface area contributed by atoms with E-state index in [0.717, 1.165) is 24.8 Å². The van der Waals surface area contributed by atoms with Crippen molar-refractivity contribution in [2.45, 2.75) is 57.1 Å². The van der Waals surface area contributed by atoms with Gasteiger partial charge in [0.1, 0.15) is 0 Å². The molecule has 1 aromatic rings. The summed E-state index contributed by atoms with van der Waals surface area (Å²) in [6.45, 7) is 2.52. The van der Waals surface area contributed by atoms with E-state index in [9.17, 15) is 14.7 Å². The number of amides is 2. The number of aliphatic hydroxyl groups is 1. The lowest BCUT2D eigenvalue weighted by atomic mass is 9.74. The summed E-state index contributed by atoms with van der Waals surface area (Å²) in [6.07, 6.45) is 6.60. The summed E-state index contributed by atoms with van der Waals surface area (Å²) in [4.78, 5) is 26.5. The van der Waals surface area contributed by atoms with Crippen LogP contribution in [-0.2, 0) is 11.2 Å². The van der Waals surface area contributed by atoms with Crippen molar-refractivity contribution in [2.24, 2.45) is 11.8 Å². The number of hydrogen-bond acceptors (Lipinski definition) is 3. The van der Waals surface area contributed by atoms with Gasteiger partial charge in [0.15, 0.2) is 0 Å². The standard InChI is InChI=1S/C21H28N2O3/c1-21(26)12-23(13-21)20(25)15-8-6-14(7-9-15)10-17-11-16-4-2-3-5-18(16)22-19(17)24/h6-9,16-18,26H,2-5,10-13H2,1H3,(H,22,24). The summed E-state index contributed by atoms with van der Waals surface area (Å²) in [5.74, 6) is 0.826. The molecule has 1 saturated carbocycles. The Morgan fingerprint density at radius 3 is 2.62 bits per heavy atom. The summed E-state index contributed by atoms with van der Waals surface area (Å²) < 4.78 is 0. The number of β-amino-alcohol motifs (C(OH)–C–C–N with tert-alkyl or cyclic N) is 1. The highest BCUT2D eigenvalue weighted by molar-refractivity contribution is 5.95. The van der Waals surface area contributed by atoms with Gasteiger partial charge in [-0.15, -0.1) is 0 Å². The van der Waals surface area contributed by atoms with Crippen LogP contribution >= 0.6 is 0 Å². The lowest BCUT2D eigenvalue weighted by Crippen LogP contribution is -2.61. The van der Waals surface area contributed by atoms with Crippen LogP contribution in [0.2, 0.25) is 0 Å². The van der Waals surface area contributed by atoms with E-state index in [1.807, 2.05) is 24.3 Å². The monoisotopic (exact) mass is 356 g/mol. The average molecular weight is 356 g/mol. The normalized spacial score (nSPS) is 30.2. The molecule has 1 aromatic carbocycles. The van der Waals surface area contributed by atoms with Crippen LogP contribution in [0.1, 0.15) is 54.9 Å². The maximum absolute atomic E-state index is 12.4. The molecule has 0 aromatic heterocycles. The highest BCUT2D eigenvalue weighted by Crippen LogP contribution is 2.34. The number of piperidine rings is 1. The van der Waals surface area contributed by atoms with E-state index in [0.29, 0.717) is 30.6 Å². The van der Waals surface area contributed by atoms with Crippen LogP contribution in [-0.4, -0.2) is 46.6 Å². The second kappa shape index (κ2) is 6.69. The molecule has 2 N–H and O–H groups in total. The first kappa shape index (κ1) is 17.5. The predicted molar refractivity (Wildman–Crippen MR) is 98.7 cm³/mol. The van der Waals surface area contributed by atoms with Gasteiger partial charge in [0.2, 0.25) is 5.91 Å². The summed E-state index contributed by atoms with van der Waals surface area (Å²) in [5, 5.41) is 13.0. The number of benzene rings is 1. The van der Waals surface area contributed by atoms with E-state index in [-0.39, 0.29) is 17.7 Å². The number of likely N-dealkylation sites (tertiary alicyclic amines) is 1. The maximum atomic E-state index is 12.4. The molecule has 140 valence electrons. The highest BCUT2D eigenvalue weighted by atomic mass is 16.3. The van der Waals surface area contributed by atoms with Crippen LogP contribution < -0.4 is 5.32 Å². The van der Waals surface area contributed by atoms with Gasteiger partial charge in [0.25, 0.3) is 5.91 Å². The molecule has 2 aliphatic heterocycles. The molecule has 2 saturated heterocycles. The van der Waals surface area contributed by atoms with Crippen molar-refractivity contribution in [2.75, 3.05) is 13.1 Å². The van der Waals surface area contributed by atoms with Crippen LogP contribution in [0.5, 0.6) is 0 Å². The van der Waals surface area contributed by atoms with Crippen molar-refractivity contribution in [3.63, 3.8) is 0 Å². The molecule has 2 heterocycles. The Morgan fingerprint density at radius 2 is 1.92 bits per heavy atom. The number of carbonyl (C=O) groups excluding carboxylic acids is 2. The molecule has 0 radical (unpaired) electrons. The van der Waals surface area contributed by atoms with Crippen molar-refractivity contribution in [1.29, 1.82) is 0 Å². The topological polar surface area (TPSA) is 69.6 Å². The summed E-state index contributed by atoms with van der Waals surface area (Å²) in [5.41, 5.74) is 0.997. The van der Waals surface area contributed by atoms with E-state index in [1.165, 1.54) is 19.3 Å². The molecule has 5 nitrogen and oxygen atoms in total. The number of fused-ring (bicyclic) bond motifs is 1. The van der Waals surface area contributed by atoms with Gasteiger partial charge in [0.05, 0.1) is 18.7 Å². The highest BCUT2D eigenvalue weighted by Gasteiger charge is 2.40. The van der Waals surface area contributed by atoms with Crippen molar-refractivity contribution in [3.05, 3.63) is 35.4 Å².